The fourth-order valence-electron chi connectivity index (χ4n) is 4.48. The van der Waals surface area contributed by atoms with E-state index in [4.69, 9.17) is 0 Å². The van der Waals surface area contributed by atoms with Gasteiger partial charge >= 0.3 is 6.18 Å². The molecule has 0 aliphatic carbocycles. The molecule has 1 atom stereocenters. The second kappa shape index (κ2) is 9.61. The summed E-state index contributed by atoms with van der Waals surface area (Å²) in [5.41, 5.74) is 0.569. The third-order valence-corrected chi connectivity index (χ3v) is 6.51. The molecule has 5 rings (SSSR count). The molecule has 3 heterocycles. The first-order valence-corrected chi connectivity index (χ1v) is 11.8. The second-order valence-electron chi connectivity index (χ2n) is 8.94. The number of pyridine rings is 3. The largest absolute Gasteiger partial charge is 0.417 e. The van der Waals surface area contributed by atoms with Gasteiger partial charge in [-0.3, -0.25) is 19.1 Å². The molecular weight excluding hydrogens is 479 g/mol. The van der Waals surface area contributed by atoms with E-state index in [1.807, 2.05) is 25.1 Å². The Hall–Kier alpha value is -4.33. The van der Waals surface area contributed by atoms with Crippen LogP contribution in [0.5, 0.6) is 0 Å². The van der Waals surface area contributed by atoms with Gasteiger partial charge in [0.05, 0.1) is 11.1 Å². The SMILES string of the molecule is C[C@H](CCC(=O)c1ccc2c(c1)c1ccccc1c(=O)n2-c1ccc(C(F)(F)F)cn1)c1ccccn1. The number of Topliss-reactive ketones (excluding diaryl/α,β-unsaturated/α-hetero) is 1. The van der Waals surface area contributed by atoms with Crippen LogP contribution in [0, 0.1) is 0 Å². The van der Waals surface area contributed by atoms with Gasteiger partial charge in [0, 0.05) is 40.8 Å². The predicted molar refractivity (Wildman–Crippen MR) is 136 cm³/mol. The second-order valence-corrected chi connectivity index (χ2v) is 8.94. The summed E-state index contributed by atoms with van der Waals surface area (Å²) in [7, 11) is 0. The van der Waals surface area contributed by atoms with E-state index in [9.17, 15) is 22.8 Å². The van der Waals surface area contributed by atoms with Crippen molar-refractivity contribution in [2.45, 2.75) is 31.9 Å². The number of carbonyl (C=O) groups excluding carboxylic acids is 1. The first-order valence-electron chi connectivity index (χ1n) is 11.8. The van der Waals surface area contributed by atoms with E-state index in [1.54, 1.807) is 48.7 Å². The van der Waals surface area contributed by atoms with Crippen molar-refractivity contribution in [2.24, 2.45) is 0 Å². The zero-order chi connectivity index (χ0) is 26.2. The van der Waals surface area contributed by atoms with Crippen molar-refractivity contribution in [3.05, 3.63) is 112 Å². The fourth-order valence-corrected chi connectivity index (χ4v) is 4.48. The van der Waals surface area contributed by atoms with Crippen molar-refractivity contribution in [3.8, 4) is 5.82 Å². The third kappa shape index (κ3) is 4.74. The van der Waals surface area contributed by atoms with Gasteiger partial charge in [0.1, 0.15) is 5.82 Å². The Balaban J connectivity index is 1.56. The quantitative estimate of drug-likeness (QED) is 0.191. The third-order valence-electron chi connectivity index (χ3n) is 6.51. The molecular formula is C29H22F3N3O2. The van der Waals surface area contributed by atoms with Crippen molar-refractivity contribution in [3.63, 3.8) is 0 Å². The smallest absolute Gasteiger partial charge is 0.294 e. The summed E-state index contributed by atoms with van der Waals surface area (Å²) in [6.45, 7) is 2.03. The Morgan fingerprint density at radius 2 is 1.68 bits per heavy atom. The van der Waals surface area contributed by atoms with Gasteiger partial charge in [-0.25, -0.2) is 4.98 Å². The Morgan fingerprint density at radius 1 is 0.919 bits per heavy atom. The van der Waals surface area contributed by atoms with Crippen LogP contribution in [0.25, 0.3) is 27.5 Å². The lowest BCUT2D eigenvalue weighted by Gasteiger charge is -2.15. The molecule has 0 radical (unpaired) electrons. The minimum Gasteiger partial charge on any atom is -0.294 e. The van der Waals surface area contributed by atoms with Gasteiger partial charge in [-0.1, -0.05) is 31.2 Å². The van der Waals surface area contributed by atoms with Crippen LogP contribution in [0.2, 0.25) is 0 Å². The molecule has 0 aliphatic rings. The molecule has 5 aromatic rings. The van der Waals surface area contributed by atoms with Gasteiger partial charge in [-0.2, -0.15) is 13.2 Å². The molecule has 0 fully saturated rings. The number of ketones is 1. The number of hydrogen-bond donors (Lipinski definition) is 0. The highest BCUT2D eigenvalue weighted by Crippen LogP contribution is 2.30. The Kier molecular flexibility index (Phi) is 6.33. The monoisotopic (exact) mass is 501 g/mol. The summed E-state index contributed by atoms with van der Waals surface area (Å²) in [5.74, 6) is 0.138. The molecule has 0 N–H and O–H groups in total. The lowest BCUT2D eigenvalue weighted by Crippen LogP contribution is -2.20. The van der Waals surface area contributed by atoms with Crippen molar-refractivity contribution in [2.75, 3.05) is 0 Å². The van der Waals surface area contributed by atoms with Crippen molar-refractivity contribution in [1.82, 2.24) is 14.5 Å². The van der Waals surface area contributed by atoms with E-state index in [-0.39, 0.29) is 17.5 Å². The molecule has 0 bridgehead atoms. The Morgan fingerprint density at radius 3 is 2.35 bits per heavy atom. The summed E-state index contributed by atoms with van der Waals surface area (Å²) in [6.07, 6.45) is -1.15. The summed E-state index contributed by atoms with van der Waals surface area (Å²) in [6, 6.07) is 19.8. The van der Waals surface area contributed by atoms with Crippen LogP contribution in [0.4, 0.5) is 13.2 Å². The molecule has 37 heavy (non-hydrogen) atoms. The minimum absolute atomic E-state index is 0.0424. The van der Waals surface area contributed by atoms with Gasteiger partial charge in [0.2, 0.25) is 0 Å². The molecule has 0 saturated carbocycles. The minimum atomic E-state index is -4.54. The van der Waals surface area contributed by atoms with Crippen molar-refractivity contribution < 1.29 is 18.0 Å². The highest BCUT2D eigenvalue weighted by atomic mass is 19.4. The number of rotatable bonds is 6. The van der Waals surface area contributed by atoms with E-state index in [2.05, 4.69) is 9.97 Å². The van der Waals surface area contributed by atoms with Gasteiger partial charge < -0.3 is 0 Å². The maximum atomic E-state index is 13.4. The normalized spacial score (nSPS) is 12.6. The topological polar surface area (TPSA) is 64.8 Å². The molecule has 8 heteroatoms. The van der Waals surface area contributed by atoms with Crippen LogP contribution in [0.15, 0.2) is 90.0 Å². The number of aromatic nitrogens is 3. The van der Waals surface area contributed by atoms with E-state index in [1.165, 1.54) is 10.6 Å². The van der Waals surface area contributed by atoms with Crippen LogP contribution in [-0.4, -0.2) is 20.3 Å². The maximum Gasteiger partial charge on any atom is 0.417 e. The number of benzene rings is 2. The Labute approximate surface area is 210 Å². The number of carbonyl (C=O) groups is 1. The molecule has 0 aliphatic heterocycles. The van der Waals surface area contributed by atoms with Crippen LogP contribution >= 0.6 is 0 Å². The zero-order valence-corrected chi connectivity index (χ0v) is 19.9. The maximum absolute atomic E-state index is 13.4. The summed E-state index contributed by atoms with van der Waals surface area (Å²) < 4.78 is 40.4. The van der Waals surface area contributed by atoms with Crippen molar-refractivity contribution >= 4 is 27.5 Å². The predicted octanol–water partition coefficient (Wildman–Crippen LogP) is 6.72. The van der Waals surface area contributed by atoms with Crippen LogP contribution < -0.4 is 5.56 Å². The average Bonchev–Trinajstić information content (AvgIpc) is 2.92. The zero-order valence-electron chi connectivity index (χ0n) is 19.9. The lowest BCUT2D eigenvalue weighted by molar-refractivity contribution is -0.137. The van der Waals surface area contributed by atoms with E-state index in [0.717, 1.165) is 11.8 Å². The van der Waals surface area contributed by atoms with Crippen LogP contribution in [0.3, 0.4) is 0 Å². The van der Waals surface area contributed by atoms with Gasteiger partial charge in [0.25, 0.3) is 5.56 Å². The molecule has 3 aromatic heterocycles. The standard InChI is InChI=1S/C29H22F3N3O2/c1-18(24-8-4-5-15-33-24)9-13-26(36)19-10-12-25-23(16-19)21-6-2-3-7-22(21)28(37)35(25)27-14-11-20(17-34-27)29(30,31)32/h2-8,10-12,14-18H,9,13H2,1H3/t18-/m1/s1. The molecule has 5 nitrogen and oxygen atoms in total. The van der Waals surface area contributed by atoms with Gasteiger partial charge in [-0.15, -0.1) is 0 Å². The average molecular weight is 502 g/mol. The van der Waals surface area contributed by atoms with Gasteiger partial charge in [-0.05, 0) is 66.3 Å². The highest BCUT2D eigenvalue weighted by Gasteiger charge is 2.31. The molecule has 0 saturated heterocycles. The highest BCUT2D eigenvalue weighted by molar-refractivity contribution is 6.09. The van der Waals surface area contributed by atoms with Gasteiger partial charge in [0.15, 0.2) is 5.78 Å². The molecule has 0 spiro atoms. The molecule has 0 amide bonds. The number of hydrogen-bond acceptors (Lipinski definition) is 4. The van der Waals surface area contributed by atoms with E-state index in [0.29, 0.717) is 46.3 Å². The van der Waals surface area contributed by atoms with Crippen LogP contribution in [-0.2, 0) is 6.18 Å². The molecule has 186 valence electrons. The summed E-state index contributed by atoms with van der Waals surface area (Å²) in [4.78, 5) is 34.8. The fraction of sp³-hybridized carbons (Fsp3) is 0.172. The van der Waals surface area contributed by atoms with E-state index >= 15 is 0 Å². The molecule has 2 aromatic carbocycles. The number of fused-ring (bicyclic) bond motifs is 3. The summed E-state index contributed by atoms with van der Waals surface area (Å²) in [5, 5.41) is 1.67. The number of alkyl halides is 3. The van der Waals surface area contributed by atoms with E-state index < -0.39 is 17.3 Å². The number of nitrogens with zero attached hydrogens (tertiary/aromatic N) is 3. The molecule has 0 unspecified atom stereocenters. The summed E-state index contributed by atoms with van der Waals surface area (Å²) >= 11 is 0. The lowest BCUT2D eigenvalue weighted by atomic mass is 9.95. The first-order chi connectivity index (χ1) is 17.7. The Bertz CT molecular complexity index is 1660. The van der Waals surface area contributed by atoms with Crippen LogP contribution in [0.1, 0.15) is 47.3 Å². The van der Waals surface area contributed by atoms with Crippen molar-refractivity contribution in [1.29, 1.82) is 0 Å². The number of halogens is 3. The first kappa shape index (κ1) is 24.4.